The summed E-state index contributed by atoms with van der Waals surface area (Å²) in [6, 6.07) is 13.6. The molecule has 2 aromatic carbocycles. The SMILES string of the molecule is COC(=O)CCc1ccc(C#Cc2ccc(Cl)cc2C)cc1. The highest BCUT2D eigenvalue weighted by atomic mass is 35.5. The molecule has 0 unspecified atom stereocenters. The topological polar surface area (TPSA) is 26.3 Å². The fourth-order valence-corrected chi connectivity index (χ4v) is 2.24. The molecule has 0 bridgehead atoms. The predicted molar refractivity (Wildman–Crippen MR) is 88.9 cm³/mol. The summed E-state index contributed by atoms with van der Waals surface area (Å²) in [5.74, 6) is 6.10. The lowest BCUT2D eigenvalue weighted by molar-refractivity contribution is -0.140. The predicted octanol–water partition coefficient (Wildman–Crippen LogP) is 4.15. The maximum atomic E-state index is 11.1. The number of methoxy groups -OCH3 is 1. The molecule has 2 rings (SSSR count). The van der Waals surface area contributed by atoms with Gasteiger partial charge in [-0.1, -0.05) is 35.6 Å². The van der Waals surface area contributed by atoms with E-state index in [0.717, 1.165) is 27.3 Å². The second-order valence-corrected chi connectivity index (χ2v) is 5.42. The standard InChI is InChI=1S/C19H17ClO2/c1-14-13-18(20)11-10-17(14)9-7-15-3-5-16(6-4-15)8-12-19(21)22-2/h3-6,10-11,13H,8,12H2,1-2H3. The third kappa shape index (κ3) is 4.65. The molecule has 0 N–H and O–H groups in total. The van der Waals surface area contributed by atoms with E-state index in [4.69, 9.17) is 11.6 Å². The van der Waals surface area contributed by atoms with Gasteiger partial charge in [0, 0.05) is 22.6 Å². The Morgan fingerprint density at radius 3 is 2.50 bits per heavy atom. The van der Waals surface area contributed by atoms with Crippen LogP contribution in [-0.4, -0.2) is 13.1 Å². The zero-order chi connectivity index (χ0) is 15.9. The molecule has 112 valence electrons. The minimum Gasteiger partial charge on any atom is -0.469 e. The monoisotopic (exact) mass is 312 g/mol. The van der Waals surface area contributed by atoms with Gasteiger partial charge in [-0.2, -0.15) is 0 Å². The second kappa shape index (κ2) is 7.68. The first kappa shape index (κ1) is 16.1. The minimum atomic E-state index is -0.193. The smallest absolute Gasteiger partial charge is 0.305 e. The van der Waals surface area contributed by atoms with Gasteiger partial charge >= 0.3 is 5.97 Å². The van der Waals surface area contributed by atoms with Crippen LogP contribution < -0.4 is 0 Å². The Morgan fingerprint density at radius 1 is 1.14 bits per heavy atom. The highest BCUT2D eigenvalue weighted by molar-refractivity contribution is 6.30. The van der Waals surface area contributed by atoms with Crippen molar-refractivity contribution in [2.45, 2.75) is 19.8 Å². The van der Waals surface area contributed by atoms with Crippen LogP contribution in [-0.2, 0) is 16.0 Å². The van der Waals surface area contributed by atoms with Crippen molar-refractivity contribution in [3.8, 4) is 11.8 Å². The summed E-state index contributed by atoms with van der Waals surface area (Å²) in [6.07, 6.45) is 1.07. The lowest BCUT2D eigenvalue weighted by atomic mass is 10.1. The molecule has 0 atom stereocenters. The molecule has 0 aliphatic heterocycles. The Bertz CT molecular complexity index is 721. The molecule has 22 heavy (non-hydrogen) atoms. The number of benzene rings is 2. The van der Waals surface area contributed by atoms with Crippen molar-refractivity contribution in [2.24, 2.45) is 0 Å². The van der Waals surface area contributed by atoms with E-state index in [1.165, 1.54) is 7.11 Å². The summed E-state index contributed by atoms with van der Waals surface area (Å²) in [7, 11) is 1.40. The van der Waals surface area contributed by atoms with Crippen LogP contribution in [0, 0.1) is 18.8 Å². The van der Waals surface area contributed by atoms with Gasteiger partial charge in [0.1, 0.15) is 0 Å². The van der Waals surface area contributed by atoms with Crippen molar-refractivity contribution in [2.75, 3.05) is 7.11 Å². The van der Waals surface area contributed by atoms with E-state index in [9.17, 15) is 4.79 Å². The Balaban J connectivity index is 2.05. The molecule has 0 saturated carbocycles. The molecule has 0 saturated heterocycles. The van der Waals surface area contributed by atoms with Crippen LogP contribution in [0.2, 0.25) is 5.02 Å². The zero-order valence-corrected chi connectivity index (χ0v) is 13.4. The number of esters is 1. The van der Waals surface area contributed by atoms with E-state index in [0.29, 0.717) is 12.8 Å². The van der Waals surface area contributed by atoms with Gasteiger partial charge in [-0.15, -0.1) is 0 Å². The molecule has 2 aromatic rings. The molecule has 0 amide bonds. The van der Waals surface area contributed by atoms with Crippen LogP contribution >= 0.6 is 11.6 Å². The molecular formula is C19H17ClO2. The summed E-state index contributed by atoms with van der Waals surface area (Å²) < 4.78 is 4.63. The van der Waals surface area contributed by atoms with Crippen molar-refractivity contribution >= 4 is 17.6 Å². The third-order valence-corrected chi connectivity index (χ3v) is 3.56. The van der Waals surface area contributed by atoms with E-state index >= 15 is 0 Å². The summed E-state index contributed by atoms with van der Waals surface area (Å²) >= 11 is 5.93. The average Bonchev–Trinajstić information content (AvgIpc) is 2.52. The normalized spacial score (nSPS) is 9.77. The van der Waals surface area contributed by atoms with E-state index in [2.05, 4.69) is 16.6 Å². The lowest BCUT2D eigenvalue weighted by Crippen LogP contribution is -2.01. The maximum absolute atomic E-state index is 11.1. The van der Waals surface area contributed by atoms with Gasteiger partial charge in [0.2, 0.25) is 0 Å². The Labute approximate surface area is 136 Å². The first-order chi connectivity index (χ1) is 10.6. The Hall–Kier alpha value is -2.24. The number of carbonyl (C=O) groups is 1. The third-order valence-electron chi connectivity index (χ3n) is 3.33. The first-order valence-electron chi connectivity index (χ1n) is 7.02. The number of rotatable bonds is 3. The number of hydrogen-bond acceptors (Lipinski definition) is 2. The van der Waals surface area contributed by atoms with Crippen LogP contribution in [0.5, 0.6) is 0 Å². The summed E-state index contributed by atoms with van der Waals surface area (Å²) in [5.41, 5.74) is 4.07. The van der Waals surface area contributed by atoms with Gasteiger partial charge in [-0.3, -0.25) is 4.79 Å². The Morgan fingerprint density at radius 2 is 1.86 bits per heavy atom. The molecule has 0 aliphatic rings. The molecule has 0 fully saturated rings. The number of ether oxygens (including phenoxy) is 1. The number of halogens is 1. The quantitative estimate of drug-likeness (QED) is 0.628. The number of aryl methyl sites for hydroxylation is 2. The summed E-state index contributed by atoms with van der Waals surface area (Å²) in [4.78, 5) is 11.1. The largest absolute Gasteiger partial charge is 0.469 e. The molecule has 0 spiro atoms. The van der Waals surface area contributed by atoms with Gasteiger partial charge in [0.25, 0.3) is 0 Å². The highest BCUT2D eigenvalue weighted by Crippen LogP contribution is 2.14. The molecule has 0 aliphatic carbocycles. The number of hydrogen-bond donors (Lipinski definition) is 0. The van der Waals surface area contributed by atoms with Gasteiger partial charge in [0.05, 0.1) is 7.11 Å². The fourth-order valence-electron chi connectivity index (χ4n) is 2.01. The van der Waals surface area contributed by atoms with E-state index < -0.39 is 0 Å². The lowest BCUT2D eigenvalue weighted by Gasteiger charge is -2.01. The minimum absolute atomic E-state index is 0.193. The molecule has 3 heteroatoms. The maximum Gasteiger partial charge on any atom is 0.305 e. The van der Waals surface area contributed by atoms with Gasteiger partial charge in [-0.25, -0.2) is 0 Å². The van der Waals surface area contributed by atoms with Crippen molar-refractivity contribution in [3.63, 3.8) is 0 Å². The Kier molecular flexibility index (Phi) is 5.63. The zero-order valence-electron chi connectivity index (χ0n) is 12.7. The highest BCUT2D eigenvalue weighted by Gasteiger charge is 2.01. The van der Waals surface area contributed by atoms with Crippen molar-refractivity contribution < 1.29 is 9.53 Å². The van der Waals surface area contributed by atoms with Crippen LogP contribution in [0.25, 0.3) is 0 Å². The van der Waals surface area contributed by atoms with Crippen LogP contribution in [0.3, 0.4) is 0 Å². The second-order valence-electron chi connectivity index (χ2n) is 4.98. The molecule has 2 nitrogen and oxygen atoms in total. The van der Waals surface area contributed by atoms with Gasteiger partial charge < -0.3 is 4.74 Å². The molecule has 0 radical (unpaired) electrons. The van der Waals surface area contributed by atoms with E-state index in [1.54, 1.807) is 0 Å². The van der Waals surface area contributed by atoms with Gasteiger partial charge in [-0.05, 0) is 54.8 Å². The molecular weight excluding hydrogens is 296 g/mol. The summed E-state index contributed by atoms with van der Waals surface area (Å²) in [5, 5.41) is 0.720. The molecule has 0 aromatic heterocycles. The summed E-state index contributed by atoms with van der Waals surface area (Å²) in [6.45, 7) is 1.99. The van der Waals surface area contributed by atoms with Crippen LogP contribution in [0.1, 0.15) is 28.7 Å². The molecule has 0 heterocycles. The van der Waals surface area contributed by atoms with Crippen molar-refractivity contribution in [1.82, 2.24) is 0 Å². The van der Waals surface area contributed by atoms with Crippen LogP contribution in [0.4, 0.5) is 0 Å². The first-order valence-corrected chi connectivity index (χ1v) is 7.40. The van der Waals surface area contributed by atoms with Crippen molar-refractivity contribution in [1.29, 1.82) is 0 Å². The van der Waals surface area contributed by atoms with Gasteiger partial charge in [0.15, 0.2) is 0 Å². The van der Waals surface area contributed by atoms with Crippen LogP contribution in [0.15, 0.2) is 42.5 Å². The fraction of sp³-hybridized carbons (Fsp3) is 0.211. The van der Waals surface area contributed by atoms with Crippen molar-refractivity contribution in [3.05, 3.63) is 69.7 Å². The van der Waals surface area contributed by atoms with E-state index in [1.807, 2.05) is 49.4 Å². The van der Waals surface area contributed by atoms with E-state index in [-0.39, 0.29) is 5.97 Å². The average molecular weight is 313 g/mol. The number of carbonyl (C=O) groups excluding carboxylic acids is 1.